The summed E-state index contributed by atoms with van der Waals surface area (Å²) in [4.78, 5) is 11.9. The third-order valence-electron chi connectivity index (χ3n) is 3.09. The molecule has 0 saturated carbocycles. The summed E-state index contributed by atoms with van der Waals surface area (Å²) in [5, 5.41) is 0.559. The quantitative estimate of drug-likeness (QED) is 0.715. The van der Waals surface area contributed by atoms with Gasteiger partial charge in [0.2, 0.25) is 0 Å². The highest BCUT2D eigenvalue weighted by atomic mass is 35.5. The summed E-state index contributed by atoms with van der Waals surface area (Å²) in [5.74, 6) is -0.363. The molecule has 4 heteroatoms. The number of hydrogen-bond donors (Lipinski definition) is 0. The highest BCUT2D eigenvalue weighted by Crippen LogP contribution is 2.19. The van der Waals surface area contributed by atoms with Gasteiger partial charge in [-0.1, -0.05) is 41.4 Å². The van der Waals surface area contributed by atoms with Crippen LogP contribution in [0.2, 0.25) is 5.02 Å². The Morgan fingerprint density at radius 1 is 1.16 bits per heavy atom. The fourth-order valence-corrected chi connectivity index (χ4v) is 2.23. The average molecular weight is 274 g/mol. The van der Waals surface area contributed by atoms with E-state index in [-0.39, 0.29) is 5.76 Å². The largest absolute Gasteiger partial charge is 0.420 e. The van der Waals surface area contributed by atoms with Gasteiger partial charge in [-0.3, -0.25) is 4.57 Å². The van der Waals surface area contributed by atoms with Crippen molar-refractivity contribution in [2.24, 2.45) is 0 Å². The molecular weight excluding hydrogens is 262 g/mol. The SMILES string of the molecule is Cc1ccc(Cn2c(=O)oc3cc(Cl)ccc32)cc1. The van der Waals surface area contributed by atoms with Gasteiger partial charge < -0.3 is 4.42 Å². The van der Waals surface area contributed by atoms with E-state index in [2.05, 4.69) is 0 Å². The fraction of sp³-hybridized carbons (Fsp3) is 0.133. The Hall–Kier alpha value is -2.00. The molecule has 2 aromatic carbocycles. The van der Waals surface area contributed by atoms with E-state index in [1.165, 1.54) is 5.56 Å². The third-order valence-corrected chi connectivity index (χ3v) is 3.33. The van der Waals surface area contributed by atoms with Crippen LogP contribution in [-0.2, 0) is 6.54 Å². The van der Waals surface area contributed by atoms with Crippen LogP contribution in [0.5, 0.6) is 0 Å². The van der Waals surface area contributed by atoms with Crippen LogP contribution in [0.15, 0.2) is 51.7 Å². The van der Waals surface area contributed by atoms with Gasteiger partial charge >= 0.3 is 5.76 Å². The number of aromatic nitrogens is 1. The molecule has 0 amide bonds. The molecule has 0 aliphatic heterocycles. The van der Waals surface area contributed by atoms with Crippen molar-refractivity contribution in [2.45, 2.75) is 13.5 Å². The molecule has 0 N–H and O–H groups in total. The summed E-state index contributed by atoms with van der Waals surface area (Å²) < 4.78 is 6.81. The maximum atomic E-state index is 11.9. The van der Waals surface area contributed by atoms with Gasteiger partial charge in [-0.05, 0) is 24.6 Å². The van der Waals surface area contributed by atoms with Crippen molar-refractivity contribution in [3.63, 3.8) is 0 Å². The zero-order valence-electron chi connectivity index (χ0n) is 10.4. The van der Waals surface area contributed by atoms with Crippen LogP contribution >= 0.6 is 11.6 Å². The minimum absolute atomic E-state index is 0.363. The summed E-state index contributed by atoms with van der Waals surface area (Å²) in [6.07, 6.45) is 0. The molecule has 3 nitrogen and oxygen atoms in total. The summed E-state index contributed by atoms with van der Waals surface area (Å²) in [5.41, 5.74) is 3.53. The number of fused-ring (bicyclic) bond motifs is 1. The number of nitrogens with zero attached hydrogens (tertiary/aromatic N) is 1. The van der Waals surface area contributed by atoms with E-state index in [1.807, 2.05) is 31.2 Å². The van der Waals surface area contributed by atoms with Crippen LogP contribution in [0, 0.1) is 6.92 Å². The van der Waals surface area contributed by atoms with Gasteiger partial charge in [-0.15, -0.1) is 0 Å². The van der Waals surface area contributed by atoms with Gasteiger partial charge in [0.05, 0.1) is 12.1 Å². The van der Waals surface area contributed by atoms with Crippen molar-refractivity contribution in [1.82, 2.24) is 4.57 Å². The van der Waals surface area contributed by atoms with Gasteiger partial charge in [0.1, 0.15) is 0 Å². The summed E-state index contributed by atoms with van der Waals surface area (Å²) in [6, 6.07) is 13.3. The van der Waals surface area contributed by atoms with Crippen LogP contribution in [0.1, 0.15) is 11.1 Å². The predicted molar refractivity (Wildman–Crippen MR) is 75.8 cm³/mol. The second-order valence-electron chi connectivity index (χ2n) is 4.55. The smallest absolute Gasteiger partial charge is 0.408 e. The molecule has 0 radical (unpaired) electrons. The molecule has 0 aliphatic rings. The molecule has 3 rings (SSSR count). The highest BCUT2D eigenvalue weighted by Gasteiger charge is 2.09. The van der Waals surface area contributed by atoms with Crippen LogP contribution < -0.4 is 5.76 Å². The van der Waals surface area contributed by atoms with E-state index in [4.69, 9.17) is 16.0 Å². The Kier molecular flexibility index (Phi) is 2.91. The first-order valence-electron chi connectivity index (χ1n) is 5.98. The Morgan fingerprint density at radius 2 is 1.89 bits per heavy atom. The second-order valence-corrected chi connectivity index (χ2v) is 4.99. The van der Waals surface area contributed by atoms with Crippen LogP contribution in [-0.4, -0.2) is 4.57 Å². The molecule has 0 saturated heterocycles. The molecule has 3 aromatic rings. The number of halogens is 1. The number of hydrogen-bond acceptors (Lipinski definition) is 2. The molecule has 19 heavy (non-hydrogen) atoms. The molecule has 0 atom stereocenters. The van der Waals surface area contributed by atoms with Crippen molar-refractivity contribution in [1.29, 1.82) is 0 Å². The number of aryl methyl sites for hydroxylation is 1. The van der Waals surface area contributed by atoms with Gasteiger partial charge in [0.25, 0.3) is 0 Å². The first-order chi connectivity index (χ1) is 9.13. The van der Waals surface area contributed by atoms with Crippen LogP contribution in [0.3, 0.4) is 0 Å². The zero-order valence-corrected chi connectivity index (χ0v) is 11.1. The van der Waals surface area contributed by atoms with E-state index in [9.17, 15) is 4.79 Å². The first kappa shape index (κ1) is 12.1. The topological polar surface area (TPSA) is 35.1 Å². The summed E-state index contributed by atoms with van der Waals surface area (Å²) in [7, 11) is 0. The Labute approximate surface area is 115 Å². The third kappa shape index (κ3) is 2.29. The monoisotopic (exact) mass is 273 g/mol. The van der Waals surface area contributed by atoms with Crippen molar-refractivity contribution >= 4 is 22.7 Å². The van der Waals surface area contributed by atoms with E-state index < -0.39 is 0 Å². The predicted octanol–water partition coefficient (Wildman–Crippen LogP) is 3.60. The normalized spacial score (nSPS) is 11.1. The standard InChI is InChI=1S/C15H12ClNO2/c1-10-2-4-11(5-3-10)9-17-13-7-6-12(16)8-14(13)19-15(17)18/h2-8H,9H2,1H3. The van der Waals surface area contributed by atoms with Crippen molar-refractivity contribution in [3.05, 3.63) is 69.2 Å². The lowest BCUT2D eigenvalue weighted by Crippen LogP contribution is -2.14. The van der Waals surface area contributed by atoms with E-state index in [1.54, 1.807) is 22.8 Å². The number of rotatable bonds is 2. The fourth-order valence-electron chi connectivity index (χ4n) is 2.07. The molecule has 0 bridgehead atoms. The zero-order chi connectivity index (χ0) is 13.4. The van der Waals surface area contributed by atoms with Gasteiger partial charge in [0.15, 0.2) is 5.58 Å². The molecule has 1 heterocycles. The lowest BCUT2D eigenvalue weighted by atomic mass is 10.1. The van der Waals surface area contributed by atoms with E-state index in [0.717, 1.165) is 11.1 Å². The lowest BCUT2D eigenvalue weighted by molar-refractivity contribution is 0.517. The Balaban J connectivity index is 2.07. The lowest BCUT2D eigenvalue weighted by Gasteiger charge is -2.03. The van der Waals surface area contributed by atoms with Crippen molar-refractivity contribution in [3.8, 4) is 0 Å². The van der Waals surface area contributed by atoms with Crippen molar-refractivity contribution < 1.29 is 4.42 Å². The molecular formula is C15H12ClNO2. The Morgan fingerprint density at radius 3 is 2.63 bits per heavy atom. The maximum Gasteiger partial charge on any atom is 0.420 e. The number of oxazole rings is 1. The molecule has 96 valence electrons. The molecule has 0 unspecified atom stereocenters. The maximum absolute atomic E-state index is 11.9. The first-order valence-corrected chi connectivity index (χ1v) is 6.36. The minimum atomic E-state index is -0.363. The number of benzene rings is 2. The van der Waals surface area contributed by atoms with E-state index >= 15 is 0 Å². The molecule has 0 spiro atoms. The summed E-state index contributed by atoms with van der Waals surface area (Å²) >= 11 is 5.89. The Bertz CT molecular complexity index is 784. The van der Waals surface area contributed by atoms with Crippen molar-refractivity contribution in [2.75, 3.05) is 0 Å². The minimum Gasteiger partial charge on any atom is -0.408 e. The van der Waals surface area contributed by atoms with Crippen LogP contribution in [0.25, 0.3) is 11.1 Å². The second kappa shape index (κ2) is 4.59. The molecule has 0 fully saturated rings. The average Bonchev–Trinajstić information content (AvgIpc) is 2.68. The summed E-state index contributed by atoms with van der Waals surface area (Å²) in [6.45, 7) is 2.53. The van der Waals surface area contributed by atoms with E-state index in [0.29, 0.717) is 17.2 Å². The van der Waals surface area contributed by atoms with Gasteiger partial charge in [-0.2, -0.15) is 0 Å². The molecule has 1 aromatic heterocycles. The van der Waals surface area contributed by atoms with Crippen LogP contribution in [0.4, 0.5) is 0 Å². The molecule has 0 aliphatic carbocycles. The highest BCUT2D eigenvalue weighted by molar-refractivity contribution is 6.31. The van der Waals surface area contributed by atoms with Gasteiger partial charge in [0, 0.05) is 11.1 Å². The van der Waals surface area contributed by atoms with Gasteiger partial charge in [-0.25, -0.2) is 4.79 Å².